The first kappa shape index (κ1) is 20.6. The number of amides is 2. The Labute approximate surface area is 176 Å². The summed E-state index contributed by atoms with van der Waals surface area (Å²) in [6.07, 6.45) is 0.950. The Balaban J connectivity index is 1.36. The van der Waals surface area contributed by atoms with Gasteiger partial charge in [0.15, 0.2) is 0 Å². The van der Waals surface area contributed by atoms with Gasteiger partial charge >= 0.3 is 0 Å². The standard InChI is InChI=1S/C23H29N3O4/c1-15-13-19(15)23(28)25-18-6-4-17(5-7-18)22(27)24-14-20(21-8-3-16(2)30-21)26-9-11-29-12-10-26/h3-8,15,19-20H,9-14H2,1-2H3,(H,24,27)(H,25,28). The molecular weight excluding hydrogens is 382 g/mol. The quantitative estimate of drug-likeness (QED) is 0.732. The van der Waals surface area contributed by atoms with Gasteiger partial charge in [0.25, 0.3) is 5.91 Å². The van der Waals surface area contributed by atoms with Crippen LogP contribution in [0.4, 0.5) is 5.69 Å². The lowest BCUT2D eigenvalue weighted by atomic mass is 10.1. The van der Waals surface area contributed by atoms with Gasteiger partial charge in [-0.2, -0.15) is 0 Å². The van der Waals surface area contributed by atoms with Crippen LogP contribution in [0.5, 0.6) is 0 Å². The summed E-state index contributed by atoms with van der Waals surface area (Å²) in [6.45, 7) is 7.40. The number of nitrogens with one attached hydrogen (secondary N) is 2. The van der Waals surface area contributed by atoms with Crippen LogP contribution in [-0.2, 0) is 9.53 Å². The normalized spacial score (nSPS) is 22.3. The van der Waals surface area contributed by atoms with E-state index in [-0.39, 0.29) is 23.8 Å². The molecule has 160 valence electrons. The van der Waals surface area contributed by atoms with Crippen molar-refractivity contribution in [3.05, 3.63) is 53.5 Å². The maximum absolute atomic E-state index is 12.7. The maximum Gasteiger partial charge on any atom is 0.251 e. The summed E-state index contributed by atoms with van der Waals surface area (Å²) >= 11 is 0. The van der Waals surface area contributed by atoms with E-state index in [0.717, 1.165) is 31.0 Å². The highest BCUT2D eigenvalue weighted by Gasteiger charge is 2.39. The molecule has 1 aliphatic heterocycles. The SMILES string of the molecule is Cc1ccc(C(CNC(=O)c2ccc(NC(=O)C3CC3C)cc2)N2CCOCC2)o1. The van der Waals surface area contributed by atoms with Crippen molar-refractivity contribution in [1.29, 1.82) is 0 Å². The lowest BCUT2D eigenvalue weighted by Gasteiger charge is -2.33. The number of nitrogens with zero attached hydrogens (tertiary/aromatic N) is 1. The van der Waals surface area contributed by atoms with Crippen molar-refractivity contribution in [3.8, 4) is 0 Å². The van der Waals surface area contributed by atoms with Crippen LogP contribution in [0.15, 0.2) is 40.8 Å². The van der Waals surface area contributed by atoms with Crippen molar-refractivity contribution >= 4 is 17.5 Å². The molecule has 1 aliphatic carbocycles. The molecule has 0 radical (unpaired) electrons. The van der Waals surface area contributed by atoms with Gasteiger partial charge in [0.1, 0.15) is 11.5 Å². The molecule has 0 bridgehead atoms. The molecule has 1 aromatic heterocycles. The molecule has 0 spiro atoms. The van der Waals surface area contributed by atoms with Crippen molar-refractivity contribution in [3.63, 3.8) is 0 Å². The molecule has 1 aromatic carbocycles. The maximum atomic E-state index is 12.7. The van der Waals surface area contributed by atoms with E-state index in [1.165, 1.54) is 0 Å². The Morgan fingerprint density at radius 2 is 1.83 bits per heavy atom. The zero-order valence-electron chi connectivity index (χ0n) is 17.5. The smallest absolute Gasteiger partial charge is 0.251 e. The van der Waals surface area contributed by atoms with Gasteiger partial charge in [-0.3, -0.25) is 14.5 Å². The molecule has 2 amide bonds. The van der Waals surface area contributed by atoms with Crippen LogP contribution in [0.3, 0.4) is 0 Å². The summed E-state index contributed by atoms with van der Waals surface area (Å²) in [4.78, 5) is 27.0. The molecule has 3 unspecified atom stereocenters. The highest BCUT2D eigenvalue weighted by atomic mass is 16.5. The Hall–Kier alpha value is -2.64. The lowest BCUT2D eigenvalue weighted by molar-refractivity contribution is -0.117. The van der Waals surface area contributed by atoms with E-state index in [9.17, 15) is 9.59 Å². The number of ether oxygens (including phenoxy) is 1. The van der Waals surface area contributed by atoms with Crippen molar-refractivity contribution in [1.82, 2.24) is 10.2 Å². The minimum Gasteiger partial charge on any atom is -0.465 e. The first-order valence-electron chi connectivity index (χ1n) is 10.6. The van der Waals surface area contributed by atoms with Crippen LogP contribution >= 0.6 is 0 Å². The van der Waals surface area contributed by atoms with Gasteiger partial charge in [-0.15, -0.1) is 0 Å². The van der Waals surface area contributed by atoms with Crippen LogP contribution in [0.1, 0.15) is 41.3 Å². The molecular formula is C23H29N3O4. The van der Waals surface area contributed by atoms with Crippen molar-refractivity contribution in [2.24, 2.45) is 11.8 Å². The van der Waals surface area contributed by atoms with Crippen LogP contribution in [-0.4, -0.2) is 49.6 Å². The first-order valence-corrected chi connectivity index (χ1v) is 10.6. The molecule has 2 aliphatic rings. The fourth-order valence-electron chi connectivity index (χ4n) is 3.85. The van der Waals surface area contributed by atoms with E-state index in [4.69, 9.17) is 9.15 Å². The van der Waals surface area contributed by atoms with E-state index in [1.807, 2.05) is 19.1 Å². The summed E-state index contributed by atoms with van der Waals surface area (Å²) < 4.78 is 11.3. The molecule has 7 nitrogen and oxygen atoms in total. The third-order valence-corrected chi connectivity index (χ3v) is 5.89. The summed E-state index contributed by atoms with van der Waals surface area (Å²) in [5.41, 5.74) is 1.28. The molecule has 1 saturated heterocycles. The zero-order chi connectivity index (χ0) is 21.1. The van der Waals surface area contributed by atoms with E-state index in [1.54, 1.807) is 24.3 Å². The molecule has 2 N–H and O–H groups in total. The van der Waals surface area contributed by atoms with Gasteiger partial charge in [0, 0.05) is 36.8 Å². The fraction of sp³-hybridized carbons (Fsp3) is 0.478. The summed E-state index contributed by atoms with van der Waals surface area (Å²) in [7, 11) is 0. The van der Waals surface area contributed by atoms with Crippen LogP contribution in [0.2, 0.25) is 0 Å². The molecule has 4 rings (SSSR count). The van der Waals surface area contributed by atoms with Gasteiger partial charge in [-0.25, -0.2) is 0 Å². The average Bonchev–Trinajstić information content (AvgIpc) is 3.35. The number of anilines is 1. The Morgan fingerprint density at radius 1 is 1.13 bits per heavy atom. The van der Waals surface area contributed by atoms with E-state index in [0.29, 0.717) is 36.9 Å². The van der Waals surface area contributed by atoms with Gasteiger partial charge < -0.3 is 19.8 Å². The van der Waals surface area contributed by atoms with Gasteiger partial charge in [0.2, 0.25) is 5.91 Å². The molecule has 7 heteroatoms. The summed E-state index contributed by atoms with van der Waals surface area (Å²) in [5, 5.41) is 5.95. The van der Waals surface area contributed by atoms with Crippen molar-refractivity contribution in [2.75, 3.05) is 38.2 Å². The second kappa shape index (κ2) is 9.02. The second-order valence-electron chi connectivity index (χ2n) is 8.21. The number of benzene rings is 1. The number of carbonyl (C=O) groups is 2. The molecule has 2 aromatic rings. The lowest BCUT2D eigenvalue weighted by Crippen LogP contribution is -2.43. The third-order valence-electron chi connectivity index (χ3n) is 5.89. The molecule has 1 saturated carbocycles. The van der Waals surface area contributed by atoms with Crippen molar-refractivity contribution in [2.45, 2.75) is 26.3 Å². The van der Waals surface area contributed by atoms with E-state index >= 15 is 0 Å². The number of hydrogen-bond acceptors (Lipinski definition) is 5. The minimum atomic E-state index is -0.148. The number of carbonyl (C=O) groups excluding carboxylic acids is 2. The third kappa shape index (κ3) is 4.91. The highest BCUT2D eigenvalue weighted by molar-refractivity contribution is 5.97. The average molecular weight is 412 g/mol. The fourth-order valence-corrected chi connectivity index (χ4v) is 3.85. The number of hydrogen-bond donors (Lipinski definition) is 2. The van der Waals surface area contributed by atoms with E-state index < -0.39 is 0 Å². The van der Waals surface area contributed by atoms with Crippen molar-refractivity contribution < 1.29 is 18.7 Å². The molecule has 2 heterocycles. The number of morpholine rings is 1. The Bertz CT molecular complexity index is 886. The number of aryl methyl sites for hydroxylation is 1. The molecule has 3 atom stereocenters. The highest BCUT2D eigenvalue weighted by Crippen LogP contribution is 2.38. The molecule has 30 heavy (non-hydrogen) atoms. The monoisotopic (exact) mass is 411 g/mol. The zero-order valence-corrected chi connectivity index (χ0v) is 17.5. The summed E-state index contributed by atoms with van der Waals surface area (Å²) in [6, 6.07) is 10.9. The van der Waals surface area contributed by atoms with E-state index in [2.05, 4.69) is 22.5 Å². The predicted molar refractivity (Wildman–Crippen MR) is 113 cm³/mol. The predicted octanol–water partition coefficient (Wildman–Crippen LogP) is 2.99. The first-order chi connectivity index (χ1) is 14.5. The Kier molecular flexibility index (Phi) is 6.20. The number of furan rings is 1. The minimum absolute atomic E-state index is 0.0364. The van der Waals surface area contributed by atoms with Crippen LogP contribution < -0.4 is 10.6 Å². The Morgan fingerprint density at radius 3 is 2.43 bits per heavy atom. The van der Waals surface area contributed by atoms with Crippen LogP contribution in [0.25, 0.3) is 0 Å². The number of rotatable bonds is 7. The summed E-state index contributed by atoms with van der Waals surface area (Å²) in [5.74, 6) is 2.20. The van der Waals surface area contributed by atoms with Gasteiger partial charge in [-0.05, 0) is 55.7 Å². The van der Waals surface area contributed by atoms with Crippen LogP contribution in [0, 0.1) is 18.8 Å². The second-order valence-corrected chi connectivity index (χ2v) is 8.21. The molecule has 2 fully saturated rings. The largest absolute Gasteiger partial charge is 0.465 e. The topological polar surface area (TPSA) is 83.8 Å². The van der Waals surface area contributed by atoms with Gasteiger partial charge in [0.05, 0.1) is 19.3 Å². The van der Waals surface area contributed by atoms with Gasteiger partial charge in [-0.1, -0.05) is 6.92 Å².